The fraction of sp³-hybridized carbons (Fsp3) is 0.733. The van der Waals surface area contributed by atoms with E-state index in [1.165, 1.54) is 0 Å². The zero-order valence-corrected chi connectivity index (χ0v) is 12.1. The molecule has 0 aromatic heterocycles. The molecule has 3 rings (SSSR count). The van der Waals surface area contributed by atoms with Gasteiger partial charge >= 0.3 is 5.97 Å². The van der Waals surface area contributed by atoms with Crippen LogP contribution in [0.1, 0.15) is 12.8 Å². The van der Waals surface area contributed by atoms with E-state index in [9.17, 15) is 14.7 Å². The minimum absolute atomic E-state index is 0.00514. The zero-order valence-electron chi connectivity index (χ0n) is 12.1. The van der Waals surface area contributed by atoms with Crippen molar-refractivity contribution in [3.8, 4) is 0 Å². The van der Waals surface area contributed by atoms with Crippen molar-refractivity contribution in [2.45, 2.75) is 18.4 Å². The van der Waals surface area contributed by atoms with Gasteiger partial charge < -0.3 is 19.9 Å². The highest BCUT2D eigenvalue weighted by Crippen LogP contribution is 2.48. The number of carbonyl (C=O) groups excluding carboxylic acids is 1. The van der Waals surface area contributed by atoms with E-state index in [0.717, 1.165) is 12.8 Å². The summed E-state index contributed by atoms with van der Waals surface area (Å²) in [6.07, 6.45) is 5.43. The molecule has 5 atom stereocenters. The van der Waals surface area contributed by atoms with Crippen molar-refractivity contribution in [1.82, 2.24) is 5.32 Å². The molecule has 6 heteroatoms. The van der Waals surface area contributed by atoms with Crippen LogP contribution in [0.4, 0.5) is 0 Å². The maximum atomic E-state index is 12.5. The standard InChI is InChI=1S/C15H21NO5/c1-20-15(4-5-21-8-15)7-16-13(17)11-9-2-3-10(6-9)12(11)14(18)19/h2-3,9-12H,4-8H2,1H3,(H,16,17)(H,18,19). The molecule has 0 spiro atoms. The van der Waals surface area contributed by atoms with Crippen molar-refractivity contribution in [3.63, 3.8) is 0 Å². The number of allylic oxidation sites excluding steroid dienone is 2. The fourth-order valence-corrected chi connectivity index (χ4v) is 3.84. The van der Waals surface area contributed by atoms with Crippen LogP contribution >= 0.6 is 0 Å². The molecule has 1 saturated heterocycles. The molecule has 1 amide bonds. The molecule has 5 unspecified atom stereocenters. The average molecular weight is 295 g/mol. The van der Waals surface area contributed by atoms with Crippen LogP contribution in [0.5, 0.6) is 0 Å². The fourth-order valence-electron chi connectivity index (χ4n) is 3.84. The SMILES string of the molecule is COC1(CNC(=O)C2C3C=CC(C3)C2C(=O)O)CCOC1. The summed E-state index contributed by atoms with van der Waals surface area (Å²) in [6, 6.07) is 0. The second-order valence-corrected chi connectivity index (χ2v) is 6.25. The summed E-state index contributed by atoms with van der Waals surface area (Å²) in [5, 5.41) is 12.3. The summed E-state index contributed by atoms with van der Waals surface area (Å²) < 4.78 is 10.8. The summed E-state index contributed by atoms with van der Waals surface area (Å²) >= 11 is 0. The lowest BCUT2D eigenvalue weighted by Crippen LogP contribution is -2.48. The number of methoxy groups -OCH3 is 1. The summed E-state index contributed by atoms with van der Waals surface area (Å²) in [6.45, 7) is 1.45. The van der Waals surface area contributed by atoms with E-state index in [1.807, 2.05) is 12.2 Å². The lowest BCUT2D eigenvalue weighted by atomic mass is 9.82. The van der Waals surface area contributed by atoms with Gasteiger partial charge in [0, 0.05) is 26.7 Å². The molecule has 0 radical (unpaired) electrons. The lowest BCUT2D eigenvalue weighted by Gasteiger charge is -2.29. The summed E-state index contributed by atoms with van der Waals surface area (Å²) in [4.78, 5) is 23.9. The molecule has 2 N–H and O–H groups in total. The molecule has 21 heavy (non-hydrogen) atoms. The molecule has 0 aromatic rings. The first-order valence-corrected chi connectivity index (χ1v) is 7.38. The third-order valence-electron chi connectivity index (χ3n) is 5.13. The van der Waals surface area contributed by atoms with Gasteiger partial charge in [-0.05, 0) is 18.3 Å². The van der Waals surface area contributed by atoms with E-state index in [-0.39, 0.29) is 17.7 Å². The topological polar surface area (TPSA) is 84.9 Å². The van der Waals surface area contributed by atoms with Gasteiger partial charge in [-0.1, -0.05) is 12.2 Å². The Labute approximate surface area is 123 Å². The van der Waals surface area contributed by atoms with E-state index >= 15 is 0 Å². The van der Waals surface area contributed by atoms with Gasteiger partial charge in [0.25, 0.3) is 0 Å². The maximum Gasteiger partial charge on any atom is 0.307 e. The lowest BCUT2D eigenvalue weighted by molar-refractivity contribution is -0.148. The first-order chi connectivity index (χ1) is 10.1. The number of ether oxygens (including phenoxy) is 2. The number of amides is 1. The molecule has 116 valence electrons. The predicted molar refractivity (Wildman–Crippen MR) is 73.5 cm³/mol. The number of aliphatic carboxylic acids is 1. The van der Waals surface area contributed by atoms with Gasteiger partial charge in [0.1, 0.15) is 5.60 Å². The van der Waals surface area contributed by atoms with Crippen LogP contribution in [0, 0.1) is 23.7 Å². The van der Waals surface area contributed by atoms with Crippen LogP contribution < -0.4 is 5.32 Å². The van der Waals surface area contributed by atoms with Gasteiger partial charge in [0.05, 0.1) is 18.4 Å². The van der Waals surface area contributed by atoms with Crippen LogP contribution in [-0.2, 0) is 19.1 Å². The first-order valence-electron chi connectivity index (χ1n) is 7.38. The van der Waals surface area contributed by atoms with Crippen molar-refractivity contribution >= 4 is 11.9 Å². The Morgan fingerprint density at radius 1 is 1.38 bits per heavy atom. The van der Waals surface area contributed by atoms with Gasteiger partial charge in [-0.15, -0.1) is 0 Å². The van der Waals surface area contributed by atoms with Gasteiger partial charge in [0.15, 0.2) is 0 Å². The van der Waals surface area contributed by atoms with Crippen LogP contribution in [0.2, 0.25) is 0 Å². The third-order valence-corrected chi connectivity index (χ3v) is 5.13. The number of carbonyl (C=O) groups is 2. The average Bonchev–Trinajstić information content (AvgIpc) is 3.19. The molecule has 1 heterocycles. The Kier molecular flexibility index (Phi) is 3.75. The Hall–Kier alpha value is -1.40. The molecule has 1 saturated carbocycles. The van der Waals surface area contributed by atoms with E-state index in [4.69, 9.17) is 9.47 Å². The molecule has 1 aliphatic heterocycles. The van der Waals surface area contributed by atoms with Crippen molar-refractivity contribution in [1.29, 1.82) is 0 Å². The van der Waals surface area contributed by atoms with Crippen molar-refractivity contribution < 1.29 is 24.2 Å². The summed E-state index contributed by atoms with van der Waals surface area (Å²) in [5.41, 5.74) is -0.470. The molecule has 2 fully saturated rings. The molecule has 2 aliphatic carbocycles. The summed E-state index contributed by atoms with van der Waals surface area (Å²) in [7, 11) is 1.61. The van der Waals surface area contributed by atoms with E-state index in [1.54, 1.807) is 7.11 Å². The van der Waals surface area contributed by atoms with E-state index in [0.29, 0.717) is 19.8 Å². The van der Waals surface area contributed by atoms with Crippen LogP contribution in [0.15, 0.2) is 12.2 Å². The van der Waals surface area contributed by atoms with Gasteiger partial charge in [0.2, 0.25) is 5.91 Å². The molecule has 6 nitrogen and oxygen atoms in total. The van der Waals surface area contributed by atoms with Gasteiger partial charge in [-0.2, -0.15) is 0 Å². The van der Waals surface area contributed by atoms with Crippen molar-refractivity contribution in [2.24, 2.45) is 23.7 Å². The van der Waals surface area contributed by atoms with Crippen LogP contribution in [0.3, 0.4) is 0 Å². The smallest absolute Gasteiger partial charge is 0.307 e. The Morgan fingerprint density at radius 3 is 2.67 bits per heavy atom. The molecule has 3 aliphatic rings. The number of fused-ring (bicyclic) bond motifs is 2. The van der Waals surface area contributed by atoms with E-state index < -0.39 is 23.4 Å². The Bertz CT molecular complexity index is 469. The number of rotatable bonds is 5. The molecular weight excluding hydrogens is 274 g/mol. The number of hydrogen-bond acceptors (Lipinski definition) is 4. The minimum atomic E-state index is -0.877. The molecular formula is C15H21NO5. The Balaban J connectivity index is 1.65. The predicted octanol–water partition coefficient (Wildman–Crippen LogP) is 0.431. The van der Waals surface area contributed by atoms with Gasteiger partial charge in [-0.25, -0.2) is 0 Å². The third kappa shape index (κ3) is 2.46. The Morgan fingerprint density at radius 2 is 2.10 bits per heavy atom. The highest BCUT2D eigenvalue weighted by Gasteiger charge is 2.51. The maximum absolute atomic E-state index is 12.5. The molecule has 2 bridgehead atoms. The first kappa shape index (κ1) is 14.5. The highest BCUT2D eigenvalue weighted by atomic mass is 16.5. The second-order valence-electron chi connectivity index (χ2n) is 6.25. The van der Waals surface area contributed by atoms with Gasteiger partial charge in [-0.3, -0.25) is 9.59 Å². The largest absolute Gasteiger partial charge is 0.481 e. The van der Waals surface area contributed by atoms with Crippen molar-refractivity contribution in [3.05, 3.63) is 12.2 Å². The normalized spacial score (nSPS) is 40.6. The zero-order chi connectivity index (χ0) is 15.0. The number of nitrogens with one attached hydrogen (secondary N) is 1. The second kappa shape index (κ2) is 5.42. The number of carboxylic acid groups (broad SMARTS) is 1. The summed E-state index contributed by atoms with van der Waals surface area (Å²) in [5.74, 6) is -2.07. The number of carboxylic acids is 1. The number of hydrogen-bond donors (Lipinski definition) is 2. The highest BCUT2D eigenvalue weighted by molar-refractivity contribution is 5.86. The van der Waals surface area contributed by atoms with E-state index in [2.05, 4.69) is 5.32 Å². The van der Waals surface area contributed by atoms with Crippen LogP contribution in [0.25, 0.3) is 0 Å². The van der Waals surface area contributed by atoms with Crippen molar-refractivity contribution in [2.75, 3.05) is 26.9 Å². The minimum Gasteiger partial charge on any atom is -0.481 e. The quantitative estimate of drug-likeness (QED) is 0.719. The van der Waals surface area contributed by atoms with Crippen LogP contribution in [-0.4, -0.2) is 49.5 Å². The molecule has 0 aromatic carbocycles. The monoisotopic (exact) mass is 295 g/mol.